The molecule has 4 rings (SSSR count). The van der Waals surface area contributed by atoms with Gasteiger partial charge in [-0.25, -0.2) is 4.98 Å². The highest BCUT2D eigenvalue weighted by atomic mass is 32.2. The molecule has 1 aliphatic rings. The van der Waals surface area contributed by atoms with Gasteiger partial charge in [0.15, 0.2) is 0 Å². The minimum absolute atomic E-state index is 0.00613. The molecular weight excluding hydrogens is 390 g/mol. The largest absolute Gasteiger partial charge is 0.280 e. The lowest BCUT2D eigenvalue weighted by molar-refractivity contribution is -0.115. The normalized spacial score (nSPS) is 12.5. The average molecular weight is 414 g/mol. The predicted molar refractivity (Wildman–Crippen MR) is 121 cm³/mol. The van der Waals surface area contributed by atoms with Gasteiger partial charge in [0.1, 0.15) is 11.1 Å². The van der Waals surface area contributed by atoms with Crippen molar-refractivity contribution in [2.24, 2.45) is 0 Å². The van der Waals surface area contributed by atoms with E-state index in [-0.39, 0.29) is 11.7 Å². The number of thioether (sulfide) groups is 1. The number of carbonyl (C=O) groups is 1. The first kappa shape index (κ1) is 20.2. The zero-order valence-corrected chi connectivity index (χ0v) is 17.8. The summed E-state index contributed by atoms with van der Waals surface area (Å²) in [6.45, 7) is 2.10. The highest BCUT2D eigenvalue weighted by Gasteiger charge is 2.25. The molecule has 1 aliphatic heterocycles. The second kappa shape index (κ2) is 9.15. The lowest BCUT2D eigenvalue weighted by Gasteiger charge is -2.25. The molecular formula is C25H23N3OS. The molecule has 4 nitrogen and oxygen atoms in total. The summed E-state index contributed by atoms with van der Waals surface area (Å²) < 4.78 is 0. The summed E-state index contributed by atoms with van der Waals surface area (Å²) in [6, 6.07) is 22.1. The van der Waals surface area contributed by atoms with Crippen molar-refractivity contribution in [3.8, 4) is 6.07 Å². The van der Waals surface area contributed by atoms with E-state index in [4.69, 9.17) is 0 Å². The van der Waals surface area contributed by atoms with E-state index in [2.05, 4.69) is 30.1 Å². The number of aromatic nitrogens is 1. The highest BCUT2D eigenvalue weighted by molar-refractivity contribution is 8.00. The Kier molecular flexibility index (Phi) is 6.15. The number of hydrogen-bond donors (Lipinski definition) is 0. The summed E-state index contributed by atoms with van der Waals surface area (Å²) in [7, 11) is 0. The van der Waals surface area contributed by atoms with E-state index in [0.717, 1.165) is 42.8 Å². The first-order valence-corrected chi connectivity index (χ1v) is 11.2. The van der Waals surface area contributed by atoms with Crippen LogP contribution in [0, 0.1) is 11.3 Å². The van der Waals surface area contributed by atoms with E-state index in [1.807, 2.05) is 47.4 Å². The van der Waals surface area contributed by atoms with Gasteiger partial charge in [-0.2, -0.15) is 5.26 Å². The maximum absolute atomic E-state index is 13.5. The van der Waals surface area contributed by atoms with Gasteiger partial charge >= 0.3 is 0 Å². The van der Waals surface area contributed by atoms with Crippen molar-refractivity contribution in [2.75, 3.05) is 10.7 Å². The molecule has 0 atom stereocenters. The van der Waals surface area contributed by atoms with Crippen LogP contribution in [0.15, 0.2) is 65.7 Å². The zero-order chi connectivity index (χ0) is 20.9. The molecule has 2 heterocycles. The Bertz CT molecular complexity index is 1070. The van der Waals surface area contributed by atoms with Crippen LogP contribution in [-0.4, -0.2) is 16.6 Å². The van der Waals surface area contributed by atoms with Crippen LogP contribution in [0.4, 0.5) is 11.4 Å². The third kappa shape index (κ3) is 4.10. The van der Waals surface area contributed by atoms with Gasteiger partial charge in [0.25, 0.3) is 0 Å². The monoisotopic (exact) mass is 413 g/mol. The van der Waals surface area contributed by atoms with Crippen molar-refractivity contribution in [1.29, 1.82) is 5.26 Å². The molecule has 0 saturated carbocycles. The number of amides is 1. The van der Waals surface area contributed by atoms with Crippen molar-refractivity contribution in [2.45, 2.75) is 37.6 Å². The molecule has 0 fully saturated rings. The number of nitriles is 1. The molecule has 30 heavy (non-hydrogen) atoms. The lowest BCUT2D eigenvalue weighted by atomic mass is 10.0. The standard InChI is InChI=1S/C25H23N3OS/c1-2-7-21-15-14-20(16-26)25(27-21)30-17-24(29)28-22-10-5-3-8-18(22)12-13-19-9-4-6-11-23(19)28/h3-6,8-11,14-15H,2,7,12-13,17H2,1H3. The van der Waals surface area contributed by atoms with Gasteiger partial charge in [0.2, 0.25) is 5.91 Å². The van der Waals surface area contributed by atoms with Crippen molar-refractivity contribution >= 4 is 29.0 Å². The van der Waals surface area contributed by atoms with Gasteiger partial charge in [-0.3, -0.25) is 9.69 Å². The van der Waals surface area contributed by atoms with Crippen molar-refractivity contribution in [3.05, 3.63) is 83.0 Å². The summed E-state index contributed by atoms with van der Waals surface area (Å²) in [5, 5.41) is 10.1. The van der Waals surface area contributed by atoms with Crippen LogP contribution in [-0.2, 0) is 24.1 Å². The topological polar surface area (TPSA) is 57.0 Å². The summed E-state index contributed by atoms with van der Waals surface area (Å²) in [4.78, 5) is 19.9. The van der Waals surface area contributed by atoms with Crippen molar-refractivity contribution < 1.29 is 4.79 Å². The molecule has 0 spiro atoms. The first-order chi connectivity index (χ1) is 14.7. The number of fused-ring (bicyclic) bond motifs is 2. The maximum Gasteiger partial charge on any atom is 0.241 e. The average Bonchev–Trinajstić information content (AvgIpc) is 2.95. The molecule has 5 heteroatoms. The molecule has 2 aromatic carbocycles. The van der Waals surface area contributed by atoms with Crippen LogP contribution in [0.1, 0.15) is 35.7 Å². The van der Waals surface area contributed by atoms with E-state index in [0.29, 0.717) is 10.6 Å². The molecule has 0 radical (unpaired) electrons. The Balaban J connectivity index is 1.65. The van der Waals surface area contributed by atoms with E-state index in [1.165, 1.54) is 22.9 Å². The van der Waals surface area contributed by atoms with Gasteiger partial charge in [0, 0.05) is 5.69 Å². The summed E-state index contributed by atoms with van der Waals surface area (Å²) in [5.41, 5.74) is 5.71. The SMILES string of the molecule is CCCc1ccc(C#N)c(SCC(=O)N2c3ccccc3CCc3ccccc32)n1. The summed E-state index contributed by atoms with van der Waals surface area (Å²) in [6.07, 6.45) is 3.66. The predicted octanol–water partition coefficient (Wildman–Crippen LogP) is 5.46. The fourth-order valence-corrected chi connectivity index (χ4v) is 4.65. The van der Waals surface area contributed by atoms with E-state index in [9.17, 15) is 10.1 Å². The molecule has 1 amide bonds. The number of anilines is 2. The van der Waals surface area contributed by atoms with Crippen LogP contribution in [0.5, 0.6) is 0 Å². The number of hydrogen-bond acceptors (Lipinski definition) is 4. The fraction of sp³-hybridized carbons (Fsp3) is 0.240. The van der Waals surface area contributed by atoms with E-state index in [1.54, 1.807) is 6.07 Å². The molecule has 0 saturated heterocycles. The quantitative estimate of drug-likeness (QED) is 0.521. The molecule has 150 valence electrons. The lowest BCUT2D eigenvalue weighted by Crippen LogP contribution is -2.28. The number of carbonyl (C=O) groups excluding carboxylic acids is 1. The third-order valence-corrected chi connectivity index (χ3v) is 6.23. The van der Waals surface area contributed by atoms with Crippen molar-refractivity contribution in [1.82, 2.24) is 4.98 Å². The maximum atomic E-state index is 13.5. The summed E-state index contributed by atoms with van der Waals surface area (Å²) in [5.74, 6) is 0.216. The highest BCUT2D eigenvalue weighted by Crippen LogP contribution is 2.36. The van der Waals surface area contributed by atoms with Crippen molar-refractivity contribution in [3.63, 3.8) is 0 Å². The Morgan fingerprint density at radius 1 is 1.03 bits per heavy atom. The third-order valence-electron chi connectivity index (χ3n) is 5.26. The van der Waals surface area contributed by atoms with Gasteiger partial charge in [-0.1, -0.05) is 61.5 Å². The van der Waals surface area contributed by atoms with Gasteiger partial charge in [0.05, 0.1) is 22.7 Å². The minimum Gasteiger partial charge on any atom is -0.280 e. The molecule has 0 N–H and O–H groups in total. The Hall–Kier alpha value is -3.10. The second-order valence-corrected chi connectivity index (χ2v) is 8.26. The number of benzene rings is 2. The Labute approximate surface area is 181 Å². The molecule has 1 aromatic heterocycles. The Morgan fingerprint density at radius 2 is 1.67 bits per heavy atom. The number of para-hydroxylation sites is 2. The van der Waals surface area contributed by atoms with Crippen LogP contribution < -0.4 is 4.90 Å². The van der Waals surface area contributed by atoms with Crippen LogP contribution in [0.3, 0.4) is 0 Å². The smallest absolute Gasteiger partial charge is 0.241 e. The zero-order valence-electron chi connectivity index (χ0n) is 17.0. The molecule has 0 bridgehead atoms. The summed E-state index contributed by atoms with van der Waals surface area (Å²) >= 11 is 1.34. The van der Waals surface area contributed by atoms with E-state index < -0.39 is 0 Å². The number of aryl methyl sites for hydroxylation is 3. The number of nitrogens with zero attached hydrogens (tertiary/aromatic N) is 3. The number of rotatable bonds is 5. The molecule has 0 aliphatic carbocycles. The molecule has 0 unspecified atom stereocenters. The van der Waals surface area contributed by atoms with Gasteiger partial charge in [-0.15, -0.1) is 0 Å². The van der Waals surface area contributed by atoms with Crippen LogP contribution in [0.2, 0.25) is 0 Å². The van der Waals surface area contributed by atoms with Gasteiger partial charge in [-0.05, 0) is 54.7 Å². The Morgan fingerprint density at radius 3 is 2.27 bits per heavy atom. The minimum atomic E-state index is -0.00613. The van der Waals surface area contributed by atoms with Gasteiger partial charge < -0.3 is 0 Å². The first-order valence-electron chi connectivity index (χ1n) is 10.2. The van der Waals surface area contributed by atoms with Crippen LogP contribution in [0.25, 0.3) is 0 Å². The second-order valence-electron chi connectivity index (χ2n) is 7.29. The van der Waals surface area contributed by atoms with Crippen LogP contribution >= 0.6 is 11.8 Å². The number of pyridine rings is 1. The van der Waals surface area contributed by atoms with E-state index >= 15 is 0 Å². The molecule has 3 aromatic rings. The fourth-order valence-electron chi connectivity index (χ4n) is 3.81.